The lowest BCUT2D eigenvalue weighted by atomic mass is 10.2. The Morgan fingerprint density at radius 2 is 2.15 bits per heavy atom. The van der Waals surface area contributed by atoms with Crippen LogP contribution in [0.25, 0.3) is 10.9 Å². The molecule has 0 unspecified atom stereocenters. The van der Waals surface area contributed by atoms with E-state index < -0.39 is 0 Å². The molecule has 0 saturated heterocycles. The minimum Gasteiger partial charge on any atom is -0.397 e. The number of pyridine rings is 1. The van der Waals surface area contributed by atoms with Crippen LogP contribution in [-0.4, -0.2) is 15.9 Å². The van der Waals surface area contributed by atoms with Crippen molar-refractivity contribution in [2.75, 3.05) is 11.1 Å². The summed E-state index contributed by atoms with van der Waals surface area (Å²) >= 11 is 0. The summed E-state index contributed by atoms with van der Waals surface area (Å²) in [5.74, 6) is 0.325. The Labute approximate surface area is 115 Å². The minimum atomic E-state index is -0.234. The maximum atomic E-state index is 12.2. The molecule has 0 spiro atoms. The third-order valence-electron chi connectivity index (χ3n) is 3.17. The van der Waals surface area contributed by atoms with Gasteiger partial charge in [0, 0.05) is 11.6 Å². The molecule has 1 amide bonds. The number of hydrogen-bond donors (Lipinski definition) is 3. The molecule has 0 atom stereocenters. The molecule has 0 fully saturated rings. The van der Waals surface area contributed by atoms with Crippen LogP contribution in [0.15, 0.2) is 42.6 Å². The molecule has 0 aliphatic carbocycles. The molecule has 0 aliphatic rings. The van der Waals surface area contributed by atoms with E-state index in [4.69, 9.17) is 5.73 Å². The fourth-order valence-corrected chi connectivity index (χ4v) is 2.09. The largest absolute Gasteiger partial charge is 0.397 e. The van der Waals surface area contributed by atoms with E-state index in [1.54, 1.807) is 18.3 Å². The van der Waals surface area contributed by atoms with Gasteiger partial charge in [-0.2, -0.15) is 0 Å². The van der Waals surface area contributed by atoms with Gasteiger partial charge in [0.25, 0.3) is 5.91 Å². The average molecular weight is 266 g/mol. The van der Waals surface area contributed by atoms with Crippen LogP contribution in [0.4, 0.5) is 11.5 Å². The second-order valence-electron chi connectivity index (χ2n) is 4.62. The normalized spacial score (nSPS) is 10.7. The maximum Gasteiger partial charge on any atom is 0.273 e. The fraction of sp³-hybridized carbons (Fsp3) is 0.0667. The van der Waals surface area contributed by atoms with Crippen LogP contribution >= 0.6 is 0 Å². The average Bonchev–Trinajstić information content (AvgIpc) is 2.87. The summed E-state index contributed by atoms with van der Waals surface area (Å²) in [4.78, 5) is 19.4. The van der Waals surface area contributed by atoms with E-state index in [1.807, 2.05) is 31.2 Å². The van der Waals surface area contributed by atoms with Crippen LogP contribution in [0.3, 0.4) is 0 Å². The van der Waals surface area contributed by atoms with Crippen molar-refractivity contribution in [3.63, 3.8) is 0 Å². The van der Waals surface area contributed by atoms with Crippen molar-refractivity contribution in [3.8, 4) is 0 Å². The molecule has 1 aromatic carbocycles. The Morgan fingerprint density at radius 1 is 1.30 bits per heavy atom. The third-order valence-corrected chi connectivity index (χ3v) is 3.17. The van der Waals surface area contributed by atoms with E-state index in [0.717, 1.165) is 16.5 Å². The number of para-hydroxylation sites is 1. The first kappa shape index (κ1) is 12.2. The number of nitrogens with two attached hydrogens (primary N) is 1. The molecule has 100 valence electrons. The number of anilines is 2. The molecule has 20 heavy (non-hydrogen) atoms. The molecule has 5 heteroatoms. The topological polar surface area (TPSA) is 83.8 Å². The predicted octanol–water partition coefficient (Wildman–Crippen LogP) is 2.71. The van der Waals surface area contributed by atoms with Crippen molar-refractivity contribution in [1.82, 2.24) is 9.97 Å². The lowest BCUT2D eigenvalue weighted by molar-refractivity contribution is 0.102. The molecule has 5 nitrogen and oxygen atoms in total. The van der Waals surface area contributed by atoms with Gasteiger partial charge in [0.1, 0.15) is 11.5 Å². The maximum absolute atomic E-state index is 12.2. The molecule has 0 aliphatic heterocycles. The van der Waals surface area contributed by atoms with Gasteiger partial charge < -0.3 is 16.0 Å². The standard InChI is InChI=1S/C15H14N4O/c1-9-4-3-7-17-14(9)19-15(20)12-8-10-5-2-6-11(16)13(10)18-12/h2-8,18H,16H2,1H3,(H,17,19,20). The van der Waals surface area contributed by atoms with E-state index in [1.165, 1.54) is 0 Å². The molecule has 4 N–H and O–H groups in total. The highest BCUT2D eigenvalue weighted by Gasteiger charge is 2.12. The smallest absolute Gasteiger partial charge is 0.273 e. The van der Waals surface area contributed by atoms with Gasteiger partial charge >= 0.3 is 0 Å². The lowest BCUT2D eigenvalue weighted by Crippen LogP contribution is -2.14. The van der Waals surface area contributed by atoms with E-state index >= 15 is 0 Å². The SMILES string of the molecule is Cc1cccnc1NC(=O)c1cc2cccc(N)c2[nH]1. The summed E-state index contributed by atoms with van der Waals surface area (Å²) < 4.78 is 0. The van der Waals surface area contributed by atoms with Crippen LogP contribution in [0.2, 0.25) is 0 Å². The van der Waals surface area contributed by atoms with E-state index in [2.05, 4.69) is 15.3 Å². The summed E-state index contributed by atoms with van der Waals surface area (Å²) in [5, 5.41) is 3.69. The molecule has 2 aromatic heterocycles. The summed E-state index contributed by atoms with van der Waals surface area (Å²) in [5.41, 5.74) is 8.64. The monoisotopic (exact) mass is 266 g/mol. The van der Waals surface area contributed by atoms with Crippen LogP contribution in [0, 0.1) is 6.92 Å². The van der Waals surface area contributed by atoms with Crippen molar-refractivity contribution in [3.05, 3.63) is 53.9 Å². The molecule has 2 heterocycles. The number of carbonyl (C=O) groups excluding carboxylic acids is 1. The van der Waals surface area contributed by atoms with Crippen molar-refractivity contribution in [2.24, 2.45) is 0 Å². The first-order chi connectivity index (χ1) is 9.65. The first-order valence-electron chi connectivity index (χ1n) is 6.25. The highest BCUT2D eigenvalue weighted by molar-refractivity contribution is 6.07. The lowest BCUT2D eigenvalue weighted by Gasteiger charge is -2.05. The molecule has 3 rings (SSSR count). The van der Waals surface area contributed by atoms with Crippen LogP contribution in [0.5, 0.6) is 0 Å². The summed E-state index contributed by atoms with van der Waals surface area (Å²) in [6.07, 6.45) is 1.64. The van der Waals surface area contributed by atoms with Crippen molar-refractivity contribution in [1.29, 1.82) is 0 Å². The number of nitrogen functional groups attached to an aromatic ring is 1. The quantitative estimate of drug-likeness (QED) is 0.623. The molecule has 3 aromatic rings. The number of nitrogens with zero attached hydrogens (tertiary/aromatic N) is 1. The van der Waals surface area contributed by atoms with Gasteiger partial charge in [-0.25, -0.2) is 4.98 Å². The third kappa shape index (κ3) is 2.09. The van der Waals surface area contributed by atoms with Gasteiger partial charge in [0.15, 0.2) is 0 Å². The van der Waals surface area contributed by atoms with Crippen LogP contribution in [-0.2, 0) is 0 Å². The number of nitrogens with one attached hydrogen (secondary N) is 2. The number of rotatable bonds is 2. The Hall–Kier alpha value is -2.82. The number of H-pyrrole nitrogens is 1. The number of hydrogen-bond acceptors (Lipinski definition) is 3. The molecular formula is C15H14N4O. The van der Waals surface area contributed by atoms with Gasteiger partial charge in [-0.05, 0) is 30.7 Å². The van der Waals surface area contributed by atoms with Gasteiger partial charge in [0.2, 0.25) is 0 Å². The van der Waals surface area contributed by atoms with Crippen LogP contribution in [0.1, 0.15) is 16.1 Å². The van der Waals surface area contributed by atoms with Gasteiger partial charge in [-0.3, -0.25) is 4.79 Å². The molecule has 0 radical (unpaired) electrons. The summed E-state index contributed by atoms with van der Waals surface area (Å²) in [6.45, 7) is 1.89. The Morgan fingerprint density at radius 3 is 2.90 bits per heavy atom. The number of amides is 1. The number of aromatic amines is 1. The number of carbonyl (C=O) groups is 1. The van der Waals surface area contributed by atoms with Crippen molar-refractivity contribution in [2.45, 2.75) is 6.92 Å². The highest BCUT2D eigenvalue weighted by atomic mass is 16.1. The first-order valence-corrected chi connectivity index (χ1v) is 6.25. The van der Waals surface area contributed by atoms with Crippen LogP contribution < -0.4 is 11.1 Å². The number of benzene rings is 1. The van der Waals surface area contributed by atoms with Gasteiger partial charge in [0.05, 0.1) is 11.2 Å². The highest BCUT2D eigenvalue weighted by Crippen LogP contribution is 2.21. The predicted molar refractivity (Wildman–Crippen MR) is 79.6 cm³/mol. The number of aryl methyl sites for hydroxylation is 1. The van der Waals surface area contributed by atoms with Gasteiger partial charge in [-0.15, -0.1) is 0 Å². The second kappa shape index (κ2) is 4.70. The van der Waals surface area contributed by atoms with Crippen molar-refractivity contribution >= 4 is 28.3 Å². The van der Waals surface area contributed by atoms with E-state index in [0.29, 0.717) is 17.2 Å². The second-order valence-corrected chi connectivity index (χ2v) is 4.62. The van der Waals surface area contributed by atoms with E-state index in [9.17, 15) is 4.79 Å². The number of fused-ring (bicyclic) bond motifs is 1. The Kier molecular flexibility index (Phi) is 2.87. The minimum absolute atomic E-state index is 0.234. The molecule has 0 bridgehead atoms. The Balaban J connectivity index is 1.93. The molecule has 0 saturated carbocycles. The molecular weight excluding hydrogens is 252 g/mol. The van der Waals surface area contributed by atoms with Crippen molar-refractivity contribution < 1.29 is 4.79 Å². The zero-order valence-electron chi connectivity index (χ0n) is 11.0. The summed E-state index contributed by atoms with van der Waals surface area (Å²) in [7, 11) is 0. The van der Waals surface area contributed by atoms with E-state index in [-0.39, 0.29) is 5.91 Å². The zero-order valence-corrected chi connectivity index (χ0v) is 11.0. The number of aromatic nitrogens is 2. The Bertz CT molecular complexity index is 791. The van der Waals surface area contributed by atoms with Gasteiger partial charge in [-0.1, -0.05) is 18.2 Å². The zero-order chi connectivity index (χ0) is 14.1. The fourth-order valence-electron chi connectivity index (χ4n) is 2.09. The summed E-state index contributed by atoms with van der Waals surface area (Å²) in [6, 6.07) is 11.1.